The van der Waals surface area contributed by atoms with Gasteiger partial charge in [0.2, 0.25) is 5.91 Å². The Labute approximate surface area is 220 Å². The van der Waals surface area contributed by atoms with E-state index in [1.165, 1.54) is 19.1 Å². The molecule has 0 bridgehead atoms. The van der Waals surface area contributed by atoms with E-state index in [1.54, 1.807) is 6.07 Å². The first kappa shape index (κ1) is 25.2. The zero-order valence-electron chi connectivity index (χ0n) is 20.7. The third kappa shape index (κ3) is 4.91. The molecule has 2 unspecified atom stereocenters. The number of carbonyl (C=O) groups is 1. The fourth-order valence-electron chi connectivity index (χ4n) is 5.47. The lowest BCUT2D eigenvalue weighted by Crippen LogP contribution is -2.48. The summed E-state index contributed by atoms with van der Waals surface area (Å²) in [4.78, 5) is 20.2. The second-order valence-electron chi connectivity index (χ2n) is 9.71. The van der Waals surface area contributed by atoms with Crippen molar-refractivity contribution in [3.8, 4) is 0 Å². The Balaban J connectivity index is 1.42. The van der Waals surface area contributed by atoms with Gasteiger partial charge in [-0.15, -0.1) is 0 Å². The maximum atomic E-state index is 14.4. The number of carbonyl (C=O) groups excluding carboxylic acids is 1. The quantitative estimate of drug-likeness (QED) is 0.434. The SMILES string of the molecule is CC(=O)Nc1ccc(C)nc1N1CCC(C2C(=N)N(Cc3ccccc3Cl)c3ccc(F)cc32)[C@@H](O)C1. The molecule has 3 N–H and O–H groups in total. The number of piperidine rings is 1. The Morgan fingerprint density at radius 1 is 1.24 bits per heavy atom. The number of aryl methyl sites for hydroxylation is 1. The molecule has 0 saturated carbocycles. The minimum absolute atomic E-state index is 0.195. The van der Waals surface area contributed by atoms with Gasteiger partial charge >= 0.3 is 0 Å². The number of pyridine rings is 1. The summed E-state index contributed by atoms with van der Waals surface area (Å²) in [5.41, 5.74) is 3.74. The molecule has 3 atom stereocenters. The second-order valence-corrected chi connectivity index (χ2v) is 10.1. The molecule has 1 amide bonds. The van der Waals surface area contributed by atoms with Crippen LogP contribution in [0.2, 0.25) is 5.02 Å². The summed E-state index contributed by atoms with van der Waals surface area (Å²) in [5.74, 6) is -0.363. The largest absolute Gasteiger partial charge is 0.391 e. The summed E-state index contributed by atoms with van der Waals surface area (Å²) in [7, 11) is 0. The lowest BCUT2D eigenvalue weighted by atomic mass is 9.78. The zero-order valence-corrected chi connectivity index (χ0v) is 21.5. The normalized spacial score (nSPS) is 21.2. The van der Waals surface area contributed by atoms with E-state index in [9.17, 15) is 14.3 Å². The van der Waals surface area contributed by atoms with Crippen molar-refractivity contribution in [3.05, 3.63) is 82.3 Å². The highest BCUT2D eigenvalue weighted by molar-refractivity contribution is 6.31. The molecule has 0 spiro atoms. The minimum atomic E-state index is -0.789. The maximum absolute atomic E-state index is 14.4. The first-order chi connectivity index (χ1) is 17.7. The van der Waals surface area contributed by atoms with E-state index in [-0.39, 0.29) is 24.2 Å². The standard InChI is InChI=1S/C28H29ClFN5O2/c1-16-7-9-23(33-17(2)36)28(32-16)34-12-11-20(25(37)15-34)26-21-13-19(30)8-10-24(21)35(27(26)31)14-18-5-3-4-6-22(18)29/h3-10,13,20,25-26,31,37H,11-12,14-15H2,1-2H3,(H,33,36)/t20?,25-,26?/m0/s1. The van der Waals surface area contributed by atoms with Gasteiger partial charge in [0.1, 0.15) is 11.7 Å². The number of amidine groups is 1. The fourth-order valence-corrected chi connectivity index (χ4v) is 5.66. The van der Waals surface area contributed by atoms with E-state index >= 15 is 0 Å². The number of hydrogen-bond acceptors (Lipinski definition) is 5. The van der Waals surface area contributed by atoms with Crippen LogP contribution in [0.15, 0.2) is 54.6 Å². The number of aliphatic hydroxyl groups is 1. The number of aromatic nitrogens is 1. The number of halogens is 2. The number of amides is 1. The number of nitrogens with one attached hydrogen (secondary N) is 2. The summed E-state index contributed by atoms with van der Waals surface area (Å²) >= 11 is 6.41. The van der Waals surface area contributed by atoms with Gasteiger partial charge in [0.25, 0.3) is 0 Å². The first-order valence-corrected chi connectivity index (χ1v) is 12.7. The van der Waals surface area contributed by atoms with Gasteiger partial charge in [0.05, 0.1) is 18.3 Å². The van der Waals surface area contributed by atoms with Gasteiger partial charge in [0, 0.05) is 48.3 Å². The number of fused-ring (bicyclic) bond motifs is 1. The predicted octanol–water partition coefficient (Wildman–Crippen LogP) is 5.11. The average molecular weight is 522 g/mol. The molecule has 3 heterocycles. The van der Waals surface area contributed by atoms with Crippen molar-refractivity contribution in [3.63, 3.8) is 0 Å². The summed E-state index contributed by atoms with van der Waals surface area (Å²) in [6.45, 7) is 4.57. The van der Waals surface area contributed by atoms with E-state index in [1.807, 2.05) is 53.1 Å². The molecule has 7 nitrogen and oxygen atoms in total. The van der Waals surface area contributed by atoms with Gasteiger partial charge < -0.3 is 20.2 Å². The molecule has 2 aromatic carbocycles. The highest BCUT2D eigenvalue weighted by Crippen LogP contribution is 2.46. The number of hydrogen-bond donors (Lipinski definition) is 3. The molecule has 0 aliphatic carbocycles. The molecular formula is C28H29ClFN5O2. The minimum Gasteiger partial charge on any atom is -0.391 e. The summed E-state index contributed by atoms with van der Waals surface area (Å²) in [6, 6.07) is 15.7. The number of aliphatic hydroxyl groups excluding tert-OH is 1. The third-order valence-electron chi connectivity index (χ3n) is 7.17. The van der Waals surface area contributed by atoms with Gasteiger partial charge in [-0.05, 0) is 60.9 Å². The Morgan fingerprint density at radius 3 is 2.76 bits per heavy atom. The van der Waals surface area contributed by atoms with Crippen LogP contribution >= 0.6 is 11.6 Å². The van der Waals surface area contributed by atoms with Crippen molar-refractivity contribution in [1.82, 2.24) is 4.98 Å². The highest BCUT2D eigenvalue weighted by atomic mass is 35.5. The van der Waals surface area contributed by atoms with Crippen molar-refractivity contribution in [2.45, 2.75) is 38.8 Å². The van der Waals surface area contributed by atoms with Crippen molar-refractivity contribution < 1.29 is 14.3 Å². The fraction of sp³-hybridized carbons (Fsp3) is 0.321. The zero-order chi connectivity index (χ0) is 26.3. The van der Waals surface area contributed by atoms with E-state index in [0.717, 1.165) is 16.9 Å². The first-order valence-electron chi connectivity index (χ1n) is 12.3. The van der Waals surface area contributed by atoms with Crippen LogP contribution in [-0.4, -0.2) is 41.0 Å². The predicted molar refractivity (Wildman–Crippen MR) is 144 cm³/mol. The Bertz CT molecular complexity index is 1370. The van der Waals surface area contributed by atoms with Crippen molar-refractivity contribution >= 4 is 40.5 Å². The molecular weight excluding hydrogens is 493 g/mol. The van der Waals surface area contributed by atoms with Gasteiger partial charge in [0.15, 0.2) is 5.82 Å². The third-order valence-corrected chi connectivity index (χ3v) is 7.54. The van der Waals surface area contributed by atoms with Gasteiger partial charge in [-0.3, -0.25) is 10.2 Å². The van der Waals surface area contributed by atoms with Gasteiger partial charge in [-0.1, -0.05) is 29.8 Å². The summed E-state index contributed by atoms with van der Waals surface area (Å²) in [5, 5.41) is 23.9. The molecule has 0 radical (unpaired) electrons. The van der Waals surface area contributed by atoms with Crippen LogP contribution < -0.4 is 15.1 Å². The Hall–Kier alpha value is -3.49. The molecule has 3 aromatic rings. The number of β-amino-alcohol motifs (C(OH)–C–C–N with tert-alkyl or cyclic N) is 1. The smallest absolute Gasteiger partial charge is 0.221 e. The molecule has 1 fully saturated rings. The van der Waals surface area contributed by atoms with Crippen LogP contribution in [-0.2, 0) is 11.3 Å². The number of benzene rings is 2. The van der Waals surface area contributed by atoms with Crippen LogP contribution in [0.4, 0.5) is 21.6 Å². The van der Waals surface area contributed by atoms with Crippen LogP contribution in [0.5, 0.6) is 0 Å². The molecule has 37 heavy (non-hydrogen) atoms. The molecule has 2 aliphatic heterocycles. The van der Waals surface area contributed by atoms with Crippen molar-refractivity contribution in [2.24, 2.45) is 5.92 Å². The van der Waals surface area contributed by atoms with Crippen molar-refractivity contribution in [1.29, 1.82) is 5.41 Å². The van der Waals surface area contributed by atoms with Crippen LogP contribution in [0.25, 0.3) is 0 Å². The highest BCUT2D eigenvalue weighted by Gasteiger charge is 2.44. The Morgan fingerprint density at radius 2 is 2.03 bits per heavy atom. The lowest BCUT2D eigenvalue weighted by Gasteiger charge is -2.40. The lowest BCUT2D eigenvalue weighted by molar-refractivity contribution is -0.114. The van der Waals surface area contributed by atoms with Crippen LogP contribution in [0.3, 0.4) is 0 Å². The molecule has 9 heteroatoms. The van der Waals surface area contributed by atoms with Crippen molar-refractivity contribution in [2.75, 3.05) is 28.2 Å². The van der Waals surface area contributed by atoms with Gasteiger partial charge in [-0.25, -0.2) is 9.37 Å². The number of nitrogens with zero attached hydrogens (tertiary/aromatic N) is 3. The molecule has 2 aliphatic rings. The summed E-state index contributed by atoms with van der Waals surface area (Å²) < 4.78 is 14.4. The second kappa shape index (κ2) is 10.1. The summed E-state index contributed by atoms with van der Waals surface area (Å²) in [6.07, 6.45) is -0.220. The molecule has 192 valence electrons. The maximum Gasteiger partial charge on any atom is 0.221 e. The van der Waals surface area contributed by atoms with E-state index < -0.39 is 12.0 Å². The van der Waals surface area contributed by atoms with E-state index in [0.29, 0.717) is 47.4 Å². The molecule has 5 rings (SSSR count). The Kier molecular flexibility index (Phi) is 6.88. The van der Waals surface area contributed by atoms with Gasteiger partial charge in [-0.2, -0.15) is 0 Å². The number of rotatable bonds is 5. The molecule has 1 aromatic heterocycles. The van der Waals surface area contributed by atoms with E-state index in [2.05, 4.69) is 10.3 Å². The van der Waals surface area contributed by atoms with E-state index in [4.69, 9.17) is 17.0 Å². The topological polar surface area (TPSA) is 92.6 Å². The monoisotopic (exact) mass is 521 g/mol. The average Bonchev–Trinajstić information content (AvgIpc) is 3.11. The van der Waals surface area contributed by atoms with Crippen LogP contribution in [0, 0.1) is 24.1 Å². The van der Waals surface area contributed by atoms with Crippen LogP contribution in [0.1, 0.15) is 36.1 Å². The molecule has 1 saturated heterocycles. The number of anilines is 3.